The molecule has 0 saturated carbocycles. The fourth-order valence-electron chi connectivity index (χ4n) is 2.30. The first-order chi connectivity index (χ1) is 10.9. The Balaban J connectivity index is 1.92. The smallest absolute Gasteiger partial charge is 0.128 e. The molecule has 3 aromatic rings. The summed E-state index contributed by atoms with van der Waals surface area (Å²) in [5, 5.41) is 9.10. The molecule has 0 radical (unpaired) electrons. The molecule has 0 spiro atoms. The zero-order valence-corrected chi connectivity index (χ0v) is 12.1. The molecule has 22 heavy (non-hydrogen) atoms. The minimum Gasteiger partial charge on any atom is -0.488 e. The fraction of sp³-hybridized carbons (Fsp3) is 0.0500. The number of hydrogen-bond donors (Lipinski definition) is 0. The summed E-state index contributed by atoms with van der Waals surface area (Å²) in [5.41, 5.74) is 3.78. The Morgan fingerprint density at radius 1 is 0.818 bits per heavy atom. The summed E-state index contributed by atoms with van der Waals surface area (Å²) in [4.78, 5) is 0. The highest BCUT2D eigenvalue weighted by Gasteiger charge is 2.08. The molecule has 0 aliphatic carbocycles. The summed E-state index contributed by atoms with van der Waals surface area (Å²) in [6.07, 6.45) is 0. The average molecular weight is 285 g/mol. The second-order valence-corrected chi connectivity index (χ2v) is 4.96. The van der Waals surface area contributed by atoms with Crippen molar-refractivity contribution < 1.29 is 4.74 Å². The van der Waals surface area contributed by atoms with Gasteiger partial charge in [0.05, 0.1) is 11.6 Å². The minimum absolute atomic E-state index is 0.482. The van der Waals surface area contributed by atoms with Gasteiger partial charge in [0.2, 0.25) is 0 Å². The topological polar surface area (TPSA) is 33.0 Å². The van der Waals surface area contributed by atoms with Crippen LogP contribution in [0.3, 0.4) is 0 Å². The molecule has 0 saturated heterocycles. The summed E-state index contributed by atoms with van der Waals surface area (Å²) in [6, 6.07) is 27.8. The van der Waals surface area contributed by atoms with Crippen molar-refractivity contribution in [2.75, 3.05) is 0 Å². The second-order valence-electron chi connectivity index (χ2n) is 4.96. The zero-order chi connectivity index (χ0) is 15.2. The normalized spacial score (nSPS) is 9.95. The molecule has 0 aromatic heterocycles. The molecule has 0 aliphatic rings. The summed E-state index contributed by atoms with van der Waals surface area (Å²) in [5.74, 6) is 0.731. The van der Waals surface area contributed by atoms with Gasteiger partial charge in [0.1, 0.15) is 12.4 Å². The van der Waals surface area contributed by atoms with Crippen LogP contribution in [0.25, 0.3) is 11.1 Å². The van der Waals surface area contributed by atoms with E-state index >= 15 is 0 Å². The predicted octanol–water partition coefficient (Wildman–Crippen LogP) is 4.80. The first kappa shape index (κ1) is 13.9. The Labute approximate surface area is 130 Å². The lowest BCUT2D eigenvalue weighted by atomic mass is 10.0. The van der Waals surface area contributed by atoms with Crippen molar-refractivity contribution in [3.05, 3.63) is 90.0 Å². The van der Waals surface area contributed by atoms with Gasteiger partial charge in [-0.1, -0.05) is 60.7 Å². The Kier molecular flexibility index (Phi) is 4.17. The van der Waals surface area contributed by atoms with Crippen LogP contribution in [0.1, 0.15) is 11.1 Å². The van der Waals surface area contributed by atoms with Gasteiger partial charge in [-0.2, -0.15) is 5.26 Å². The highest BCUT2D eigenvalue weighted by Crippen LogP contribution is 2.31. The van der Waals surface area contributed by atoms with Crippen LogP contribution in [-0.2, 0) is 6.61 Å². The van der Waals surface area contributed by atoms with Crippen LogP contribution in [0.5, 0.6) is 5.75 Å². The van der Waals surface area contributed by atoms with E-state index in [0.717, 1.165) is 22.4 Å². The van der Waals surface area contributed by atoms with Gasteiger partial charge < -0.3 is 4.74 Å². The summed E-state index contributed by atoms with van der Waals surface area (Å²) < 4.78 is 5.97. The van der Waals surface area contributed by atoms with E-state index in [1.807, 2.05) is 72.8 Å². The molecule has 0 amide bonds. The van der Waals surface area contributed by atoms with Gasteiger partial charge >= 0.3 is 0 Å². The SMILES string of the molecule is N#Cc1ccc(-c2ccccc2)c(OCc2ccccc2)c1. The summed E-state index contributed by atoms with van der Waals surface area (Å²) in [7, 11) is 0. The molecule has 0 heterocycles. The predicted molar refractivity (Wildman–Crippen MR) is 87.4 cm³/mol. The standard InChI is InChI=1S/C20H15NO/c21-14-17-11-12-19(18-9-5-2-6-10-18)20(13-17)22-15-16-7-3-1-4-8-16/h1-13H,15H2. The van der Waals surface area contributed by atoms with Crippen molar-refractivity contribution in [3.63, 3.8) is 0 Å². The fourth-order valence-corrected chi connectivity index (χ4v) is 2.30. The number of rotatable bonds is 4. The lowest BCUT2D eigenvalue weighted by Gasteiger charge is -2.12. The molecule has 0 unspecified atom stereocenters. The van der Waals surface area contributed by atoms with Crippen LogP contribution in [0, 0.1) is 11.3 Å². The third kappa shape index (κ3) is 3.16. The van der Waals surface area contributed by atoms with Crippen LogP contribution in [0.4, 0.5) is 0 Å². The van der Waals surface area contributed by atoms with Crippen LogP contribution in [0.15, 0.2) is 78.9 Å². The van der Waals surface area contributed by atoms with Crippen molar-refractivity contribution in [2.45, 2.75) is 6.61 Å². The Morgan fingerprint density at radius 2 is 1.50 bits per heavy atom. The van der Waals surface area contributed by atoms with E-state index in [9.17, 15) is 0 Å². The van der Waals surface area contributed by atoms with E-state index in [0.29, 0.717) is 12.2 Å². The first-order valence-electron chi connectivity index (χ1n) is 7.13. The maximum absolute atomic E-state index is 9.10. The molecule has 0 fully saturated rings. The molecule has 3 aromatic carbocycles. The first-order valence-corrected chi connectivity index (χ1v) is 7.13. The number of ether oxygens (including phenoxy) is 1. The largest absolute Gasteiger partial charge is 0.488 e. The third-order valence-corrected chi connectivity index (χ3v) is 3.43. The lowest BCUT2D eigenvalue weighted by Crippen LogP contribution is -1.97. The Hall–Kier alpha value is -3.05. The number of hydrogen-bond acceptors (Lipinski definition) is 2. The highest BCUT2D eigenvalue weighted by molar-refractivity contribution is 5.71. The average Bonchev–Trinajstić information content (AvgIpc) is 2.61. The van der Waals surface area contributed by atoms with E-state index in [2.05, 4.69) is 6.07 Å². The van der Waals surface area contributed by atoms with Crippen LogP contribution < -0.4 is 4.74 Å². The van der Waals surface area contributed by atoms with Crippen LogP contribution >= 0.6 is 0 Å². The van der Waals surface area contributed by atoms with E-state index in [1.54, 1.807) is 6.07 Å². The van der Waals surface area contributed by atoms with Gasteiger partial charge in [-0.15, -0.1) is 0 Å². The van der Waals surface area contributed by atoms with Gasteiger partial charge in [-0.3, -0.25) is 0 Å². The molecule has 3 rings (SSSR count). The van der Waals surface area contributed by atoms with Gasteiger partial charge in [0.15, 0.2) is 0 Å². The van der Waals surface area contributed by atoms with E-state index in [1.165, 1.54) is 0 Å². The van der Waals surface area contributed by atoms with E-state index in [-0.39, 0.29) is 0 Å². The van der Waals surface area contributed by atoms with Crippen molar-refractivity contribution in [2.24, 2.45) is 0 Å². The molecule has 2 nitrogen and oxygen atoms in total. The van der Waals surface area contributed by atoms with E-state index < -0.39 is 0 Å². The van der Waals surface area contributed by atoms with Crippen LogP contribution in [0.2, 0.25) is 0 Å². The van der Waals surface area contributed by atoms with Crippen molar-refractivity contribution >= 4 is 0 Å². The quantitative estimate of drug-likeness (QED) is 0.689. The third-order valence-electron chi connectivity index (χ3n) is 3.43. The maximum Gasteiger partial charge on any atom is 0.128 e. The van der Waals surface area contributed by atoms with Gasteiger partial charge in [0, 0.05) is 5.56 Å². The van der Waals surface area contributed by atoms with Gasteiger partial charge in [-0.25, -0.2) is 0 Å². The van der Waals surface area contributed by atoms with Gasteiger partial charge in [0.25, 0.3) is 0 Å². The van der Waals surface area contributed by atoms with Gasteiger partial charge in [-0.05, 0) is 29.3 Å². The molecule has 0 aliphatic heterocycles. The highest BCUT2D eigenvalue weighted by atomic mass is 16.5. The molecule has 0 N–H and O–H groups in total. The number of nitriles is 1. The molecule has 2 heteroatoms. The molecule has 0 bridgehead atoms. The van der Waals surface area contributed by atoms with Crippen molar-refractivity contribution in [1.29, 1.82) is 5.26 Å². The molecular weight excluding hydrogens is 270 g/mol. The minimum atomic E-state index is 0.482. The number of nitrogens with zero attached hydrogens (tertiary/aromatic N) is 1. The summed E-state index contributed by atoms with van der Waals surface area (Å²) >= 11 is 0. The summed E-state index contributed by atoms with van der Waals surface area (Å²) in [6.45, 7) is 0.482. The Morgan fingerprint density at radius 3 is 2.18 bits per heavy atom. The van der Waals surface area contributed by atoms with Crippen molar-refractivity contribution in [3.8, 4) is 22.9 Å². The monoisotopic (exact) mass is 285 g/mol. The maximum atomic E-state index is 9.10. The number of benzene rings is 3. The van der Waals surface area contributed by atoms with Crippen molar-refractivity contribution in [1.82, 2.24) is 0 Å². The Bertz CT molecular complexity index is 789. The van der Waals surface area contributed by atoms with E-state index in [4.69, 9.17) is 10.00 Å². The molecule has 0 atom stereocenters. The van der Waals surface area contributed by atoms with Crippen LogP contribution in [-0.4, -0.2) is 0 Å². The lowest BCUT2D eigenvalue weighted by molar-refractivity contribution is 0.307. The second kappa shape index (κ2) is 6.60. The molecule has 106 valence electrons. The molecular formula is C20H15NO. The zero-order valence-electron chi connectivity index (χ0n) is 12.1.